The van der Waals surface area contributed by atoms with Crippen molar-refractivity contribution in [2.45, 2.75) is 32.2 Å². The zero-order chi connectivity index (χ0) is 20.5. The molecule has 0 amide bonds. The number of rotatable bonds is 5. The number of benzene rings is 1. The topological polar surface area (TPSA) is 63.8 Å². The molecule has 1 saturated heterocycles. The van der Waals surface area contributed by atoms with Gasteiger partial charge in [0.2, 0.25) is 0 Å². The van der Waals surface area contributed by atoms with E-state index in [0.29, 0.717) is 11.5 Å². The Hall–Kier alpha value is -2.47. The molecule has 0 unspecified atom stereocenters. The molecule has 2 aliphatic rings. The predicted octanol–water partition coefficient (Wildman–Crippen LogP) is 3.83. The van der Waals surface area contributed by atoms with Gasteiger partial charge in [-0.2, -0.15) is 0 Å². The molecule has 156 valence electrons. The predicted molar refractivity (Wildman–Crippen MR) is 112 cm³/mol. The standard InChI is InChI=1S/C23H30N2O4/c1-5-14-12-25-10-9-15-21-18(7-6-8-20(21)28-3)24-22(15)19(25)11-16(14)17(13-27-2)23(26)29-4/h6-8,13-14,16,19,24H,5,9-12H2,1-4H3/b17-13-/t14-,16-,19-/m1/s1. The Morgan fingerprint density at radius 1 is 1.31 bits per heavy atom. The van der Waals surface area contributed by atoms with Crippen LogP contribution in [0.1, 0.15) is 37.1 Å². The number of carbonyl (C=O) groups excluding carboxylic acids is 1. The molecular formula is C23H30N2O4. The number of carbonyl (C=O) groups is 1. The van der Waals surface area contributed by atoms with E-state index < -0.39 is 0 Å². The molecule has 0 saturated carbocycles. The molecule has 0 bridgehead atoms. The minimum absolute atomic E-state index is 0.105. The lowest BCUT2D eigenvalue weighted by Crippen LogP contribution is -2.47. The molecule has 1 N–H and O–H groups in total. The number of esters is 1. The van der Waals surface area contributed by atoms with Crippen molar-refractivity contribution in [2.24, 2.45) is 11.8 Å². The number of nitrogens with one attached hydrogen (secondary N) is 1. The molecule has 0 aliphatic carbocycles. The van der Waals surface area contributed by atoms with E-state index >= 15 is 0 Å². The molecule has 0 spiro atoms. The highest BCUT2D eigenvalue weighted by atomic mass is 16.5. The second-order valence-corrected chi connectivity index (χ2v) is 7.97. The summed E-state index contributed by atoms with van der Waals surface area (Å²) in [6.07, 6.45) is 4.46. The molecule has 4 rings (SSSR count). The van der Waals surface area contributed by atoms with Crippen LogP contribution in [0.4, 0.5) is 0 Å². The maximum Gasteiger partial charge on any atom is 0.337 e. The molecule has 6 heteroatoms. The summed E-state index contributed by atoms with van der Waals surface area (Å²) >= 11 is 0. The minimum atomic E-state index is -0.293. The number of fused-ring (bicyclic) bond motifs is 5. The van der Waals surface area contributed by atoms with E-state index in [0.717, 1.165) is 43.6 Å². The maximum absolute atomic E-state index is 12.5. The van der Waals surface area contributed by atoms with Gasteiger partial charge in [-0.1, -0.05) is 19.4 Å². The third-order valence-corrected chi connectivity index (χ3v) is 6.67. The van der Waals surface area contributed by atoms with E-state index in [9.17, 15) is 4.79 Å². The third kappa shape index (κ3) is 3.29. The first-order chi connectivity index (χ1) is 14.1. The van der Waals surface area contributed by atoms with Crippen LogP contribution in [-0.2, 0) is 20.7 Å². The minimum Gasteiger partial charge on any atom is -0.504 e. The van der Waals surface area contributed by atoms with E-state index in [-0.39, 0.29) is 17.9 Å². The molecule has 3 heterocycles. The van der Waals surface area contributed by atoms with Crippen molar-refractivity contribution in [3.63, 3.8) is 0 Å². The van der Waals surface area contributed by atoms with Crippen LogP contribution >= 0.6 is 0 Å². The van der Waals surface area contributed by atoms with Gasteiger partial charge in [0.05, 0.1) is 39.2 Å². The van der Waals surface area contributed by atoms with E-state index in [1.807, 2.05) is 12.1 Å². The molecule has 1 fully saturated rings. The third-order valence-electron chi connectivity index (χ3n) is 6.67. The van der Waals surface area contributed by atoms with Gasteiger partial charge in [-0.15, -0.1) is 0 Å². The van der Waals surface area contributed by atoms with E-state index in [4.69, 9.17) is 14.2 Å². The Labute approximate surface area is 171 Å². The van der Waals surface area contributed by atoms with E-state index in [1.165, 1.54) is 23.8 Å². The fourth-order valence-electron chi connectivity index (χ4n) is 5.28. The zero-order valence-electron chi connectivity index (χ0n) is 17.7. The molecule has 29 heavy (non-hydrogen) atoms. The summed E-state index contributed by atoms with van der Waals surface area (Å²) in [5, 5.41) is 1.19. The molecule has 2 aliphatic heterocycles. The monoisotopic (exact) mass is 398 g/mol. The summed E-state index contributed by atoms with van der Waals surface area (Å²) < 4.78 is 16.0. The Morgan fingerprint density at radius 3 is 2.83 bits per heavy atom. The number of nitrogens with zero attached hydrogens (tertiary/aromatic N) is 1. The average Bonchev–Trinajstić information content (AvgIpc) is 3.15. The van der Waals surface area contributed by atoms with Crippen molar-refractivity contribution in [3.8, 4) is 5.75 Å². The SMILES string of the molecule is CC[C@@H]1CN2CCc3c([nH]c4cccc(OC)c34)[C@H]2C[C@H]1/C(=C/OC)C(=O)OC. The molecule has 1 aromatic heterocycles. The lowest BCUT2D eigenvalue weighted by atomic mass is 9.74. The summed E-state index contributed by atoms with van der Waals surface area (Å²) in [6.45, 7) is 4.19. The first-order valence-electron chi connectivity index (χ1n) is 10.4. The first-order valence-corrected chi connectivity index (χ1v) is 10.4. The van der Waals surface area contributed by atoms with Crippen LogP contribution in [-0.4, -0.2) is 50.3 Å². The summed E-state index contributed by atoms with van der Waals surface area (Å²) in [5.41, 5.74) is 4.37. The lowest BCUT2D eigenvalue weighted by Gasteiger charge is -2.46. The van der Waals surface area contributed by atoms with Crippen LogP contribution in [0, 0.1) is 11.8 Å². The fourth-order valence-corrected chi connectivity index (χ4v) is 5.28. The number of piperidine rings is 1. The molecular weight excluding hydrogens is 368 g/mol. The van der Waals surface area contributed by atoms with Crippen LogP contribution in [0.25, 0.3) is 10.9 Å². The Balaban J connectivity index is 1.76. The summed E-state index contributed by atoms with van der Waals surface area (Å²) in [7, 11) is 4.75. The summed E-state index contributed by atoms with van der Waals surface area (Å²) in [4.78, 5) is 18.7. The van der Waals surface area contributed by atoms with Gasteiger partial charge in [0, 0.05) is 29.7 Å². The Morgan fingerprint density at radius 2 is 2.14 bits per heavy atom. The number of H-pyrrole nitrogens is 1. The van der Waals surface area contributed by atoms with Crippen LogP contribution in [0.3, 0.4) is 0 Å². The smallest absolute Gasteiger partial charge is 0.337 e. The maximum atomic E-state index is 12.5. The normalized spacial score (nSPS) is 24.7. The van der Waals surface area contributed by atoms with Gasteiger partial charge >= 0.3 is 5.97 Å². The largest absolute Gasteiger partial charge is 0.504 e. The van der Waals surface area contributed by atoms with Crippen LogP contribution in [0.2, 0.25) is 0 Å². The van der Waals surface area contributed by atoms with Gasteiger partial charge in [-0.05, 0) is 42.4 Å². The summed E-state index contributed by atoms with van der Waals surface area (Å²) in [6, 6.07) is 6.40. The summed E-state index contributed by atoms with van der Waals surface area (Å²) in [5.74, 6) is 1.12. The first kappa shape index (κ1) is 19.8. The molecule has 6 nitrogen and oxygen atoms in total. The lowest BCUT2D eigenvalue weighted by molar-refractivity contribution is -0.137. The van der Waals surface area contributed by atoms with Crippen molar-refractivity contribution in [2.75, 3.05) is 34.4 Å². The van der Waals surface area contributed by atoms with Gasteiger partial charge in [0.25, 0.3) is 0 Å². The Kier molecular flexibility index (Phi) is 5.54. The highest BCUT2D eigenvalue weighted by Crippen LogP contribution is 2.47. The van der Waals surface area contributed by atoms with Crippen molar-refractivity contribution in [1.82, 2.24) is 9.88 Å². The fraction of sp³-hybridized carbons (Fsp3) is 0.522. The van der Waals surface area contributed by atoms with Gasteiger partial charge < -0.3 is 19.2 Å². The van der Waals surface area contributed by atoms with Crippen molar-refractivity contribution in [3.05, 3.63) is 41.3 Å². The van der Waals surface area contributed by atoms with Crippen LogP contribution in [0.15, 0.2) is 30.0 Å². The van der Waals surface area contributed by atoms with Crippen LogP contribution < -0.4 is 4.74 Å². The number of hydrogen-bond donors (Lipinski definition) is 1. The molecule has 0 radical (unpaired) electrons. The van der Waals surface area contributed by atoms with E-state index in [1.54, 1.807) is 20.5 Å². The second kappa shape index (κ2) is 8.11. The van der Waals surface area contributed by atoms with Gasteiger partial charge in [0.1, 0.15) is 5.75 Å². The van der Waals surface area contributed by atoms with Gasteiger partial charge in [0.15, 0.2) is 0 Å². The number of aromatic nitrogens is 1. The number of hydrogen-bond acceptors (Lipinski definition) is 5. The second-order valence-electron chi connectivity index (χ2n) is 7.97. The molecule has 1 aromatic carbocycles. The quantitative estimate of drug-likeness (QED) is 0.471. The van der Waals surface area contributed by atoms with Crippen LogP contribution in [0.5, 0.6) is 5.75 Å². The molecule has 2 aromatic rings. The average molecular weight is 399 g/mol. The zero-order valence-corrected chi connectivity index (χ0v) is 17.7. The number of methoxy groups -OCH3 is 3. The number of aromatic amines is 1. The van der Waals surface area contributed by atoms with Gasteiger partial charge in [-0.25, -0.2) is 4.79 Å². The van der Waals surface area contributed by atoms with E-state index in [2.05, 4.69) is 22.9 Å². The highest BCUT2D eigenvalue weighted by Gasteiger charge is 2.42. The van der Waals surface area contributed by atoms with Crippen molar-refractivity contribution in [1.29, 1.82) is 0 Å². The highest BCUT2D eigenvalue weighted by molar-refractivity contribution is 5.91. The Bertz CT molecular complexity index is 932. The number of ether oxygens (including phenoxy) is 3. The van der Waals surface area contributed by atoms with Crippen molar-refractivity contribution >= 4 is 16.9 Å². The molecule has 3 atom stereocenters. The van der Waals surface area contributed by atoms with Gasteiger partial charge in [-0.3, -0.25) is 4.90 Å². The van der Waals surface area contributed by atoms with Crippen molar-refractivity contribution < 1.29 is 19.0 Å².